The molecule has 2 aliphatic heterocycles. The van der Waals surface area contributed by atoms with Crippen LogP contribution in [0.2, 0.25) is 0 Å². The van der Waals surface area contributed by atoms with Gasteiger partial charge in [-0.25, -0.2) is 0 Å². The van der Waals surface area contributed by atoms with Gasteiger partial charge in [0.05, 0.1) is 38.6 Å². The van der Waals surface area contributed by atoms with E-state index in [1.807, 2.05) is 0 Å². The lowest BCUT2D eigenvalue weighted by Crippen LogP contribution is -2.63. The first-order valence-corrected chi connectivity index (χ1v) is 15.2. The van der Waals surface area contributed by atoms with Crippen molar-refractivity contribution in [3.05, 3.63) is 0 Å². The van der Waals surface area contributed by atoms with Crippen molar-refractivity contribution in [2.75, 3.05) is 26.4 Å². The second-order valence-electron chi connectivity index (χ2n) is 15.8. The van der Waals surface area contributed by atoms with Crippen LogP contribution in [0.25, 0.3) is 0 Å². The first-order chi connectivity index (χ1) is 16.4. The van der Waals surface area contributed by atoms with E-state index in [0.717, 1.165) is 38.3 Å². The smallest absolute Gasteiger partial charge is 0.0713 e. The van der Waals surface area contributed by atoms with Crippen molar-refractivity contribution in [1.29, 1.82) is 0 Å². The molecular weight excluding hydrogens is 432 g/mol. The van der Waals surface area contributed by atoms with Crippen LogP contribution in [0.4, 0.5) is 0 Å². The molecule has 200 valence electrons. The summed E-state index contributed by atoms with van der Waals surface area (Å²) < 4.78 is 19.9. The van der Waals surface area contributed by atoms with E-state index >= 15 is 0 Å². The van der Waals surface area contributed by atoms with Crippen LogP contribution >= 0.6 is 0 Å². The van der Waals surface area contributed by atoms with Gasteiger partial charge in [-0.05, 0) is 96.7 Å². The Hall–Kier alpha value is -0.120. The van der Waals surface area contributed by atoms with Gasteiger partial charge < -0.3 is 14.2 Å². The Morgan fingerprint density at radius 3 is 1.23 bits per heavy atom. The zero-order valence-electron chi connectivity index (χ0n) is 24.2. The summed E-state index contributed by atoms with van der Waals surface area (Å²) in [6.45, 7) is 23.9. The van der Waals surface area contributed by atoms with Gasteiger partial charge in [-0.3, -0.25) is 0 Å². The van der Waals surface area contributed by atoms with E-state index in [1.54, 1.807) is 0 Å². The standard InChI is InChI=1S/C32H54O3/c1-9-31(17-33-18-31)25(23-15-21-11-13-29(23,7)27(21,3)4)35-26(32(10-2)19-34-20-32)24-16-22-12-14-30(24,8)28(22,5)6/h21-26H,9-20H2,1-8H3. The molecular formula is C32H54O3. The summed E-state index contributed by atoms with van der Waals surface area (Å²) in [5.74, 6) is 3.00. The summed E-state index contributed by atoms with van der Waals surface area (Å²) in [7, 11) is 0. The van der Waals surface area contributed by atoms with Gasteiger partial charge in [-0.1, -0.05) is 55.4 Å². The van der Waals surface area contributed by atoms with Crippen molar-refractivity contribution >= 4 is 0 Å². The van der Waals surface area contributed by atoms with Crippen LogP contribution in [-0.2, 0) is 14.2 Å². The highest BCUT2D eigenvalue weighted by Crippen LogP contribution is 2.73. The van der Waals surface area contributed by atoms with Crippen molar-refractivity contribution in [2.45, 2.75) is 119 Å². The van der Waals surface area contributed by atoms with Crippen LogP contribution in [0, 0.1) is 56.2 Å². The van der Waals surface area contributed by atoms with Crippen LogP contribution in [0.15, 0.2) is 0 Å². The first-order valence-electron chi connectivity index (χ1n) is 15.2. The van der Waals surface area contributed by atoms with Crippen LogP contribution in [0.3, 0.4) is 0 Å². The topological polar surface area (TPSA) is 27.7 Å². The molecule has 4 saturated carbocycles. The quantitative estimate of drug-likeness (QED) is 0.355. The molecule has 0 spiro atoms. The third kappa shape index (κ3) is 2.96. The molecule has 0 amide bonds. The van der Waals surface area contributed by atoms with E-state index < -0.39 is 0 Å². The number of ether oxygens (including phenoxy) is 3. The molecule has 4 aliphatic carbocycles. The predicted octanol–water partition coefficient (Wildman–Crippen LogP) is 7.52. The zero-order valence-corrected chi connectivity index (χ0v) is 24.2. The van der Waals surface area contributed by atoms with Crippen molar-refractivity contribution in [3.8, 4) is 0 Å². The summed E-state index contributed by atoms with van der Waals surface area (Å²) in [4.78, 5) is 0. The Morgan fingerprint density at radius 2 is 1.03 bits per heavy atom. The molecule has 6 fully saturated rings. The zero-order chi connectivity index (χ0) is 25.1. The Bertz CT molecular complexity index is 759. The maximum atomic E-state index is 7.88. The molecule has 0 aromatic heterocycles. The van der Waals surface area contributed by atoms with Gasteiger partial charge in [0.25, 0.3) is 0 Å². The van der Waals surface area contributed by atoms with Crippen LogP contribution in [0.5, 0.6) is 0 Å². The predicted molar refractivity (Wildman–Crippen MR) is 141 cm³/mol. The second kappa shape index (κ2) is 7.72. The Balaban J connectivity index is 1.40. The Morgan fingerprint density at radius 1 is 0.657 bits per heavy atom. The van der Waals surface area contributed by atoms with Crippen molar-refractivity contribution < 1.29 is 14.2 Å². The SMILES string of the molecule is CCC1(C(OC(C2CC3CCC2(C)C3(C)C)C2(CC)COC2)C2CC3CCC2(C)C3(C)C)COC1. The van der Waals surface area contributed by atoms with Gasteiger partial charge in [-0.2, -0.15) is 0 Å². The average molecular weight is 487 g/mol. The van der Waals surface area contributed by atoms with Crippen LogP contribution < -0.4 is 0 Å². The van der Waals surface area contributed by atoms with Gasteiger partial charge in [0, 0.05) is 10.8 Å². The number of hydrogen-bond acceptors (Lipinski definition) is 3. The van der Waals surface area contributed by atoms with Gasteiger partial charge in [0.1, 0.15) is 0 Å². The Kier molecular flexibility index (Phi) is 5.55. The number of hydrogen-bond donors (Lipinski definition) is 0. The fraction of sp³-hybridized carbons (Fsp3) is 1.00. The summed E-state index contributed by atoms with van der Waals surface area (Å²) in [5, 5.41) is 0. The molecule has 2 heterocycles. The van der Waals surface area contributed by atoms with E-state index in [1.165, 1.54) is 51.4 Å². The molecule has 6 rings (SSSR count). The molecule has 0 radical (unpaired) electrons. The molecule has 0 aromatic rings. The summed E-state index contributed by atoms with van der Waals surface area (Å²) >= 11 is 0. The summed E-state index contributed by atoms with van der Waals surface area (Å²) in [6.07, 6.45) is 11.3. The summed E-state index contributed by atoms with van der Waals surface area (Å²) in [6, 6.07) is 0. The minimum Gasteiger partial charge on any atom is -0.380 e. The molecule has 8 unspecified atom stereocenters. The Labute approximate surface area is 215 Å². The van der Waals surface area contributed by atoms with Gasteiger partial charge in [-0.15, -0.1) is 0 Å². The van der Waals surface area contributed by atoms with E-state index in [4.69, 9.17) is 14.2 Å². The monoisotopic (exact) mass is 486 g/mol. The van der Waals surface area contributed by atoms with Crippen molar-refractivity contribution in [2.24, 2.45) is 56.2 Å². The highest BCUT2D eigenvalue weighted by Gasteiger charge is 2.69. The lowest BCUT2D eigenvalue weighted by atomic mass is 9.58. The number of fused-ring (bicyclic) bond motifs is 4. The molecule has 3 heteroatoms. The lowest BCUT2D eigenvalue weighted by molar-refractivity contribution is -0.285. The van der Waals surface area contributed by atoms with Gasteiger partial charge >= 0.3 is 0 Å². The largest absolute Gasteiger partial charge is 0.380 e. The minimum absolute atomic E-state index is 0.195. The van der Waals surface area contributed by atoms with E-state index in [0.29, 0.717) is 45.7 Å². The molecule has 3 nitrogen and oxygen atoms in total. The third-order valence-electron chi connectivity index (χ3n) is 14.9. The van der Waals surface area contributed by atoms with Crippen LogP contribution in [0.1, 0.15) is 107 Å². The number of rotatable bonds is 8. The fourth-order valence-corrected chi connectivity index (χ4v) is 10.8. The third-order valence-corrected chi connectivity index (χ3v) is 14.9. The van der Waals surface area contributed by atoms with E-state index in [2.05, 4.69) is 55.4 Å². The normalized spacial score (nSPS) is 47.3. The van der Waals surface area contributed by atoms with Crippen molar-refractivity contribution in [3.63, 3.8) is 0 Å². The fourth-order valence-electron chi connectivity index (χ4n) is 10.8. The average Bonchev–Trinajstić information content (AvgIpc) is 3.28. The molecule has 35 heavy (non-hydrogen) atoms. The second-order valence-corrected chi connectivity index (χ2v) is 15.8. The molecule has 4 bridgehead atoms. The first kappa shape index (κ1) is 25.2. The molecule has 0 N–H and O–H groups in total. The molecule has 8 atom stereocenters. The van der Waals surface area contributed by atoms with Gasteiger partial charge in [0.15, 0.2) is 0 Å². The summed E-state index contributed by atoms with van der Waals surface area (Å²) in [5.41, 5.74) is 1.96. The maximum Gasteiger partial charge on any atom is 0.0713 e. The maximum absolute atomic E-state index is 7.88. The highest BCUT2D eigenvalue weighted by molar-refractivity contribution is 5.17. The molecule has 6 aliphatic rings. The molecule has 2 saturated heterocycles. The van der Waals surface area contributed by atoms with Crippen molar-refractivity contribution in [1.82, 2.24) is 0 Å². The molecule has 0 aromatic carbocycles. The van der Waals surface area contributed by atoms with Gasteiger partial charge in [0.2, 0.25) is 0 Å². The minimum atomic E-state index is 0.195. The van der Waals surface area contributed by atoms with E-state index in [-0.39, 0.29) is 10.8 Å². The highest BCUT2D eigenvalue weighted by atomic mass is 16.5. The van der Waals surface area contributed by atoms with Crippen LogP contribution in [-0.4, -0.2) is 38.6 Å². The lowest BCUT2D eigenvalue weighted by Gasteiger charge is -2.59. The van der Waals surface area contributed by atoms with E-state index in [9.17, 15) is 0 Å².